The van der Waals surface area contributed by atoms with Gasteiger partial charge in [0.25, 0.3) is 5.69 Å². The van der Waals surface area contributed by atoms with Gasteiger partial charge < -0.3 is 4.74 Å². The second kappa shape index (κ2) is 8.20. The van der Waals surface area contributed by atoms with E-state index in [0.29, 0.717) is 22.6 Å². The van der Waals surface area contributed by atoms with Gasteiger partial charge in [0.2, 0.25) is 10.0 Å². The Hall–Kier alpha value is -3.23. The van der Waals surface area contributed by atoms with E-state index in [9.17, 15) is 18.5 Å². The van der Waals surface area contributed by atoms with Crippen LogP contribution in [-0.2, 0) is 16.6 Å². The number of nitrogens with one attached hydrogen (secondary N) is 1. The summed E-state index contributed by atoms with van der Waals surface area (Å²) in [6, 6.07) is 20.0. The van der Waals surface area contributed by atoms with Crippen molar-refractivity contribution in [2.75, 3.05) is 0 Å². The lowest BCUT2D eigenvalue weighted by Gasteiger charge is -2.11. The number of nitrogens with zero attached hydrogens (tertiary/aromatic N) is 1. The molecule has 8 heteroatoms. The first-order valence-electron chi connectivity index (χ1n) is 8.42. The Balaban J connectivity index is 1.76. The van der Waals surface area contributed by atoms with Crippen molar-refractivity contribution in [3.8, 4) is 11.5 Å². The number of sulfonamides is 1. The van der Waals surface area contributed by atoms with Gasteiger partial charge >= 0.3 is 0 Å². The van der Waals surface area contributed by atoms with Crippen LogP contribution in [0.15, 0.2) is 77.7 Å². The molecule has 0 aromatic heterocycles. The highest BCUT2D eigenvalue weighted by molar-refractivity contribution is 7.89. The number of hydrogen-bond donors (Lipinski definition) is 1. The highest BCUT2D eigenvalue weighted by atomic mass is 32.2. The summed E-state index contributed by atoms with van der Waals surface area (Å²) in [4.78, 5) is 10.2. The van der Waals surface area contributed by atoms with Gasteiger partial charge in [0.05, 0.1) is 9.82 Å². The van der Waals surface area contributed by atoms with Crippen LogP contribution < -0.4 is 9.46 Å². The van der Waals surface area contributed by atoms with Crippen molar-refractivity contribution >= 4 is 15.7 Å². The molecule has 0 fully saturated rings. The summed E-state index contributed by atoms with van der Waals surface area (Å²) in [6.45, 7) is 1.61. The molecule has 0 unspecified atom stereocenters. The molecule has 144 valence electrons. The molecule has 0 aliphatic heterocycles. The monoisotopic (exact) mass is 398 g/mol. The Bertz CT molecular complexity index is 1100. The summed E-state index contributed by atoms with van der Waals surface area (Å²) in [5.41, 5.74) is 0.851. The number of benzene rings is 3. The molecule has 0 spiro atoms. The van der Waals surface area contributed by atoms with E-state index in [-0.39, 0.29) is 17.1 Å². The molecule has 0 amide bonds. The molecular formula is C20H18N2O5S. The Kier molecular flexibility index (Phi) is 5.72. The van der Waals surface area contributed by atoms with Crippen LogP contribution in [0.4, 0.5) is 5.69 Å². The van der Waals surface area contributed by atoms with Crippen LogP contribution in [0.5, 0.6) is 11.5 Å². The highest BCUT2D eigenvalue weighted by Gasteiger charge is 2.20. The molecule has 0 atom stereocenters. The maximum Gasteiger partial charge on any atom is 0.270 e. The molecular weight excluding hydrogens is 380 g/mol. The van der Waals surface area contributed by atoms with Gasteiger partial charge in [-0.15, -0.1) is 0 Å². The number of nitro groups is 1. The lowest BCUT2D eigenvalue weighted by Crippen LogP contribution is -2.24. The molecule has 3 aromatic rings. The average Bonchev–Trinajstić information content (AvgIpc) is 2.67. The quantitative estimate of drug-likeness (QED) is 0.476. The third-order valence-electron chi connectivity index (χ3n) is 4.02. The summed E-state index contributed by atoms with van der Waals surface area (Å²) in [5.74, 6) is 1.25. The van der Waals surface area contributed by atoms with Crippen LogP contribution in [0.3, 0.4) is 0 Å². The van der Waals surface area contributed by atoms with E-state index < -0.39 is 14.9 Å². The summed E-state index contributed by atoms with van der Waals surface area (Å²) in [7, 11) is -3.91. The average molecular weight is 398 g/mol. The van der Waals surface area contributed by atoms with Gasteiger partial charge in [-0.05, 0) is 42.3 Å². The first-order valence-corrected chi connectivity index (χ1v) is 9.90. The summed E-state index contributed by atoms with van der Waals surface area (Å²) >= 11 is 0. The van der Waals surface area contributed by atoms with Crippen LogP contribution in [-0.4, -0.2) is 13.3 Å². The number of para-hydroxylation sites is 1. The molecule has 0 radical (unpaired) electrons. The van der Waals surface area contributed by atoms with Gasteiger partial charge in [0, 0.05) is 18.7 Å². The van der Waals surface area contributed by atoms with Crippen molar-refractivity contribution in [3.63, 3.8) is 0 Å². The fourth-order valence-electron chi connectivity index (χ4n) is 2.59. The van der Waals surface area contributed by atoms with Crippen molar-refractivity contribution < 1.29 is 18.1 Å². The number of aryl methyl sites for hydroxylation is 1. The number of hydrogen-bond acceptors (Lipinski definition) is 5. The number of rotatable bonds is 7. The van der Waals surface area contributed by atoms with Gasteiger partial charge in [0.1, 0.15) is 11.5 Å². The molecule has 28 heavy (non-hydrogen) atoms. The normalized spacial score (nSPS) is 11.2. The lowest BCUT2D eigenvalue weighted by atomic mass is 10.2. The summed E-state index contributed by atoms with van der Waals surface area (Å²) in [5, 5.41) is 10.9. The summed E-state index contributed by atoms with van der Waals surface area (Å²) < 4.78 is 33.5. The third kappa shape index (κ3) is 4.73. The van der Waals surface area contributed by atoms with Gasteiger partial charge in [-0.3, -0.25) is 10.1 Å². The van der Waals surface area contributed by atoms with E-state index in [4.69, 9.17) is 4.74 Å². The maximum absolute atomic E-state index is 12.6. The Morgan fingerprint density at radius 3 is 2.39 bits per heavy atom. The second-order valence-corrected chi connectivity index (χ2v) is 7.83. The second-order valence-electron chi connectivity index (χ2n) is 6.09. The first kappa shape index (κ1) is 19.5. The van der Waals surface area contributed by atoms with Crippen molar-refractivity contribution in [2.45, 2.75) is 18.4 Å². The van der Waals surface area contributed by atoms with Gasteiger partial charge in [-0.2, -0.15) is 0 Å². The summed E-state index contributed by atoms with van der Waals surface area (Å²) in [6.07, 6.45) is 0. The molecule has 7 nitrogen and oxygen atoms in total. The van der Waals surface area contributed by atoms with Crippen LogP contribution in [0.2, 0.25) is 0 Å². The molecule has 0 aliphatic rings. The standard InChI is InChI=1S/C20H18N2O5S/c1-15-10-11-17(22(23)24)13-20(15)28(25,26)21-14-16-6-5-9-19(12-16)27-18-7-3-2-4-8-18/h2-13,21H,14H2,1H3. The zero-order valence-corrected chi connectivity index (χ0v) is 15.8. The zero-order valence-electron chi connectivity index (χ0n) is 15.0. The minimum absolute atomic E-state index is 0.0243. The van der Waals surface area contributed by atoms with Crippen LogP contribution in [0, 0.1) is 17.0 Å². The van der Waals surface area contributed by atoms with E-state index in [1.165, 1.54) is 12.1 Å². The van der Waals surface area contributed by atoms with Crippen molar-refractivity contribution in [3.05, 3.63) is 94.0 Å². The lowest BCUT2D eigenvalue weighted by molar-refractivity contribution is -0.385. The Morgan fingerprint density at radius 2 is 1.68 bits per heavy atom. The number of non-ortho nitro benzene ring substituents is 1. The van der Waals surface area contributed by atoms with E-state index >= 15 is 0 Å². The predicted octanol–water partition coefficient (Wildman–Crippen LogP) is 4.17. The largest absolute Gasteiger partial charge is 0.457 e. The fourth-order valence-corrected chi connectivity index (χ4v) is 3.87. The topological polar surface area (TPSA) is 98.5 Å². The van der Waals surface area contributed by atoms with Crippen LogP contribution in [0.1, 0.15) is 11.1 Å². The van der Waals surface area contributed by atoms with Crippen LogP contribution in [0.25, 0.3) is 0 Å². The fraction of sp³-hybridized carbons (Fsp3) is 0.100. The molecule has 0 heterocycles. The van der Waals surface area contributed by atoms with Crippen LogP contribution >= 0.6 is 0 Å². The molecule has 3 aromatic carbocycles. The number of nitro benzene ring substituents is 1. The van der Waals surface area contributed by atoms with Crippen molar-refractivity contribution in [2.24, 2.45) is 0 Å². The van der Waals surface area contributed by atoms with E-state index in [0.717, 1.165) is 6.07 Å². The van der Waals surface area contributed by atoms with Crippen molar-refractivity contribution in [1.82, 2.24) is 4.72 Å². The molecule has 0 bridgehead atoms. The molecule has 0 saturated carbocycles. The Labute approximate surface area is 162 Å². The van der Waals surface area contributed by atoms with Gasteiger partial charge in [0.15, 0.2) is 0 Å². The molecule has 3 rings (SSSR count). The predicted molar refractivity (Wildman–Crippen MR) is 105 cm³/mol. The van der Waals surface area contributed by atoms with E-state index in [1.807, 2.05) is 30.3 Å². The van der Waals surface area contributed by atoms with E-state index in [1.54, 1.807) is 31.2 Å². The maximum atomic E-state index is 12.6. The smallest absolute Gasteiger partial charge is 0.270 e. The minimum atomic E-state index is -3.91. The first-order chi connectivity index (χ1) is 13.3. The molecule has 0 saturated heterocycles. The molecule has 0 aliphatic carbocycles. The van der Waals surface area contributed by atoms with Gasteiger partial charge in [-0.25, -0.2) is 13.1 Å². The third-order valence-corrected chi connectivity index (χ3v) is 5.56. The minimum Gasteiger partial charge on any atom is -0.457 e. The highest BCUT2D eigenvalue weighted by Crippen LogP contribution is 2.24. The van der Waals surface area contributed by atoms with E-state index in [2.05, 4.69) is 4.72 Å². The SMILES string of the molecule is Cc1ccc([N+](=O)[O-])cc1S(=O)(=O)NCc1cccc(Oc2ccccc2)c1. The van der Waals surface area contributed by atoms with Gasteiger partial charge in [-0.1, -0.05) is 36.4 Å². The number of ether oxygens (including phenoxy) is 1. The van der Waals surface area contributed by atoms with Crippen molar-refractivity contribution in [1.29, 1.82) is 0 Å². The zero-order chi connectivity index (χ0) is 20.1. The Morgan fingerprint density at radius 1 is 0.964 bits per heavy atom. The molecule has 1 N–H and O–H groups in total.